The zero-order valence-electron chi connectivity index (χ0n) is 18.3. The van der Waals surface area contributed by atoms with Crippen LogP contribution in [0.2, 0.25) is 0 Å². The fraction of sp³-hybridized carbons (Fsp3) is 0.304. The summed E-state index contributed by atoms with van der Waals surface area (Å²) in [6.07, 6.45) is -1.35. The van der Waals surface area contributed by atoms with Crippen LogP contribution in [-0.4, -0.2) is 49.0 Å². The smallest absolute Gasteiger partial charge is 0.331 e. The lowest BCUT2D eigenvalue weighted by Crippen LogP contribution is -2.57. The number of benzodiazepines with no additional fused rings is 1. The van der Waals surface area contributed by atoms with Crippen molar-refractivity contribution in [3.05, 3.63) is 65.5 Å². The maximum atomic E-state index is 14.6. The minimum Gasteiger partial charge on any atom is -0.464 e. The van der Waals surface area contributed by atoms with Gasteiger partial charge in [-0.15, -0.1) is 0 Å². The van der Waals surface area contributed by atoms with Crippen molar-refractivity contribution in [3.8, 4) is 0 Å². The fourth-order valence-corrected chi connectivity index (χ4v) is 3.29. The van der Waals surface area contributed by atoms with Crippen LogP contribution in [0.15, 0.2) is 53.5 Å². The van der Waals surface area contributed by atoms with Crippen LogP contribution in [0, 0.1) is 5.82 Å². The summed E-state index contributed by atoms with van der Waals surface area (Å²) in [7, 11) is 1.55. The topological polar surface area (TPSA) is 100 Å². The molecular weight excluding hydrogens is 415 g/mol. The molecule has 2 N–H and O–H groups in total. The molecule has 3 rings (SSSR count). The molecule has 1 atom stereocenters. The number of fused-ring (bicyclic) bond motifs is 1. The second-order valence-corrected chi connectivity index (χ2v) is 7.72. The Labute approximate surface area is 185 Å². The molecule has 0 saturated heterocycles. The molecule has 2 aromatic carbocycles. The number of anilines is 1. The number of carbonyl (C=O) groups excluding carboxylic acids is 3. The van der Waals surface area contributed by atoms with E-state index in [2.05, 4.69) is 15.6 Å². The number of likely N-dealkylation sites (N-methyl/N-ethyl adjacent to an activating group) is 1. The monoisotopic (exact) mass is 440 g/mol. The molecule has 8 nitrogen and oxygen atoms in total. The van der Waals surface area contributed by atoms with Gasteiger partial charge in [-0.05, 0) is 39.0 Å². The normalized spacial score (nSPS) is 15.9. The van der Waals surface area contributed by atoms with Crippen LogP contribution < -0.4 is 15.5 Å². The summed E-state index contributed by atoms with van der Waals surface area (Å²) in [6.45, 7) is 4.78. The van der Waals surface area contributed by atoms with Gasteiger partial charge >= 0.3 is 12.0 Å². The van der Waals surface area contributed by atoms with Crippen LogP contribution in [0.4, 0.5) is 14.9 Å². The van der Waals surface area contributed by atoms with E-state index < -0.39 is 35.4 Å². The fourth-order valence-electron chi connectivity index (χ4n) is 3.29. The minimum atomic E-state index is -1.35. The van der Waals surface area contributed by atoms with Gasteiger partial charge in [-0.1, -0.05) is 30.3 Å². The number of amides is 3. The molecule has 1 unspecified atom stereocenters. The molecule has 1 aliphatic heterocycles. The zero-order valence-corrected chi connectivity index (χ0v) is 18.3. The first-order chi connectivity index (χ1) is 15.2. The molecule has 32 heavy (non-hydrogen) atoms. The summed E-state index contributed by atoms with van der Waals surface area (Å²) in [5, 5.41) is 4.98. The molecule has 0 radical (unpaired) electrons. The number of hydrogen-bond acceptors (Lipinski definition) is 5. The predicted octanol–water partition coefficient (Wildman–Crippen LogP) is 2.61. The quantitative estimate of drug-likeness (QED) is 0.698. The van der Waals surface area contributed by atoms with Crippen molar-refractivity contribution in [2.45, 2.75) is 32.5 Å². The number of benzene rings is 2. The van der Waals surface area contributed by atoms with Gasteiger partial charge in [-0.25, -0.2) is 19.0 Å². The largest absolute Gasteiger partial charge is 0.464 e. The van der Waals surface area contributed by atoms with Crippen molar-refractivity contribution in [3.63, 3.8) is 0 Å². The van der Waals surface area contributed by atoms with Gasteiger partial charge in [0.05, 0.1) is 18.0 Å². The van der Waals surface area contributed by atoms with Gasteiger partial charge < -0.3 is 20.3 Å². The molecule has 0 saturated carbocycles. The zero-order chi connectivity index (χ0) is 23.5. The Morgan fingerprint density at radius 2 is 1.75 bits per heavy atom. The molecule has 0 spiro atoms. The van der Waals surface area contributed by atoms with Gasteiger partial charge in [0.1, 0.15) is 11.4 Å². The highest BCUT2D eigenvalue weighted by Gasteiger charge is 2.35. The molecular formula is C23H25FN4O4. The molecule has 168 valence electrons. The Morgan fingerprint density at radius 3 is 2.41 bits per heavy atom. The summed E-state index contributed by atoms with van der Waals surface area (Å²) in [5.41, 5.74) is 0.162. The van der Waals surface area contributed by atoms with Gasteiger partial charge in [0.2, 0.25) is 6.17 Å². The van der Waals surface area contributed by atoms with Gasteiger partial charge in [-0.2, -0.15) is 0 Å². The molecule has 0 bridgehead atoms. The van der Waals surface area contributed by atoms with Crippen LogP contribution in [0.25, 0.3) is 0 Å². The van der Waals surface area contributed by atoms with E-state index in [1.807, 2.05) is 0 Å². The standard InChI is InChI=1S/C23H25FN4O4/c1-5-32-21(30)23(2,3)27-22(31)26-19-20(29)28(4)17-13-9-7-11-15(17)18(25-19)14-10-6-8-12-16(14)24/h6-13,19H,5H2,1-4H3,(H2,26,27,31). The second-order valence-electron chi connectivity index (χ2n) is 7.72. The van der Waals surface area contributed by atoms with Gasteiger partial charge in [0.25, 0.3) is 5.91 Å². The van der Waals surface area contributed by atoms with Crippen molar-refractivity contribution in [2.75, 3.05) is 18.6 Å². The van der Waals surface area contributed by atoms with E-state index >= 15 is 0 Å². The Balaban J connectivity index is 1.98. The van der Waals surface area contributed by atoms with Gasteiger partial charge in [-0.3, -0.25) is 4.79 Å². The van der Waals surface area contributed by atoms with Crippen molar-refractivity contribution >= 4 is 29.3 Å². The molecule has 2 aromatic rings. The number of nitrogens with one attached hydrogen (secondary N) is 2. The number of hydrogen-bond donors (Lipinski definition) is 2. The third-order valence-electron chi connectivity index (χ3n) is 4.95. The number of para-hydroxylation sites is 1. The summed E-state index contributed by atoms with van der Waals surface area (Å²) < 4.78 is 19.6. The first-order valence-electron chi connectivity index (χ1n) is 10.1. The third kappa shape index (κ3) is 4.61. The minimum absolute atomic E-state index is 0.159. The van der Waals surface area contributed by atoms with E-state index in [4.69, 9.17) is 4.74 Å². The summed E-state index contributed by atoms with van der Waals surface area (Å²) in [4.78, 5) is 43.6. The van der Waals surface area contributed by atoms with Crippen LogP contribution >= 0.6 is 0 Å². The number of ether oxygens (including phenoxy) is 1. The Bertz CT molecular complexity index is 1080. The number of urea groups is 1. The van der Waals surface area contributed by atoms with Crippen molar-refractivity contribution in [1.29, 1.82) is 0 Å². The van der Waals surface area contributed by atoms with Crippen LogP contribution in [-0.2, 0) is 14.3 Å². The SMILES string of the molecule is CCOC(=O)C(C)(C)NC(=O)NC1N=C(c2ccccc2F)c2ccccc2N(C)C1=O. The highest BCUT2D eigenvalue weighted by atomic mass is 19.1. The number of carbonyl (C=O) groups is 3. The van der Waals surface area contributed by atoms with Crippen molar-refractivity contribution in [1.82, 2.24) is 10.6 Å². The second kappa shape index (κ2) is 9.17. The summed E-state index contributed by atoms with van der Waals surface area (Å²) in [5.74, 6) is -1.65. The first-order valence-corrected chi connectivity index (χ1v) is 10.1. The molecule has 0 fully saturated rings. The maximum Gasteiger partial charge on any atom is 0.331 e. The number of halogens is 1. The maximum absolute atomic E-state index is 14.6. The van der Waals surface area contributed by atoms with E-state index in [0.717, 1.165) is 0 Å². The Hall–Kier alpha value is -3.75. The predicted molar refractivity (Wildman–Crippen MR) is 118 cm³/mol. The summed E-state index contributed by atoms with van der Waals surface area (Å²) in [6, 6.07) is 12.2. The molecule has 9 heteroatoms. The molecule has 1 heterocycles. The van der Waals surface area contributed by atoms with E-state index in [-0.39, 0.29) is 17.9 Å². The van der Waals surface area contributed by atoms with Gasteiger partial charge in [0, 0.05) is 18.2 Å². The van der Waals surface area contributed by atoms with E-state index in [0.29, 0.717) is 11.3 Å². The third-order valence-corrected chi connectivity index (χ3v) is 4.95. The van der Waals surface area contributed by atoms with Gasteiger partial charge in [0.15, 0.2) is 0 Å². The lowest BCUT2D eigenvalue weighted by atomic mass is 10.00. The highest BCUT2D eigenvalue weighted by molar-refractivity contribution is 6.20. The Morgan fingerprint density at radius 1 is 1.12 bits per heavy atom. The lowest BCUT2D eigenvalue weighted by Gasteiger charge is -2.25. The van der Waals surface area contributed by atoms with Crippen LogP contribution in [0.3, 0.4) is 0 Å². The first kappa shape index (κ1) is 22.9. The molecule has 0 aliphatic carbocycles. The van der Waals surface area contributed by atoms with Crippen molar-refractivity contribution in [2.24, 2.45) is 4.99 Å². The van der Waals surface area contributed by atoms with Crippen LogP contribution in [0.5, 0.6) is 0 Å². The summed E-state index contributed by atoms with van der Waals surface area (Å²) >= 11 is 0. The van der Waals surface area contributed by atoms with Crippen molar-refractivity contribution < 1.29 is 23.5 Å². The average Bonchev–Trinajstić information content (AvgIpc) is 2.85. The molecule has 3 amide bonds. The number of rotatable bonds is 5. The van der Waals surface area contributed by atoms with E-state index in [1.165, 1.54) is 24.8 Å². The number of nitrogens with zero attached hydrogens (tertiary/aromatic N) is 2. The number of esters is 1. The lowest BCUT2D eigenvalue weighted by molar-refractivity contribution is -0.149. The van der Waals surface area contributed by atoms with E-state index in [1.54, 1.807) is 56.4 Å². The number of aliphatic imine (C=N–C) groups is 1. The molecule has 1 aliphatic rings. The highest BCUT2D eigenvalue weighted by Crippen LogP contribution is 2.28. The molecule has 0 aromatic heterocycles. The van der Waals surface area contributed by atoms with E-state index in [9.17, 15) is 18.8 Å². The Kier molecular flexibility index (Phi) is 6.57. The average molecular weight is 440 g/mol. The van der Waals surface area contributed by atoms with Crippen LogP contribution in [0.1, 0.15) is 31.9 Å².